The van der Waals surface area contributed by atoms with Gasteiger partial charge in [0.05, 0.1) is 13.5 Å². The molecule has 152 valence electrons. The number of rotatable bonds is 5. The van der Waals surface area contributed by atoms with Gasteiger partial charge >= 0.3 is 0 Å². The Kier molecular flexibility index (Phi) is 5.51. The molecule has 29 heavy (non-hydrogen) atoms. The van der Waals surface area contributed by atoms with E-state index < -0.39 is 0 Å². The molecule has 5 nitrogen and oxygen atoms in total. The van der Waals surface area contributed by atoms with E-state index in [0.29, 0.717) is 12.0 Å². The van der Waals surface area contributed by atoms with Gasteiger partial charge in [0.2, 0.25) is 5.91 Å². The molecule has 0 aromatic heterocycles. The van der Waals surface area contributed by atoms with Gasteiger partial charge in [0.1, 0.15) is 11.6 Å². The summed E-state index contributed by atoms with van der Waals surface area (Å²) in [7, 11) is 1.62. The molecule has 2 atom stereocenters. The third-order valence-electron chi connectivity index (χ3n) is 5.95. The number of nitrogens with zero attached hydrogens (tertiary/aromatic N) is 1. The fourth-order valence-electron chi connectivity index (χ4n) is 4.62. The second-order valence-electron chi connectivity index (χ2n) is 7.86. The van der Waals surface area contributed by atoms with E-state index in [1.165, 1.54) is 24.3 Å². The standard InChI is InChI=1S/C23H25FN2O3/c1-29-21-4-2-3-15(11-21)12-22(27)26-19-9-10-20(26)14-18(13-19)25-23(28)16-5-7-17(24)8-6-16/h2-8,11,18-20H,9-10,12-14H2,1H3,(H,25,28). The Labute approximate surface area is 169 Å². The lowest BCUT2D eigenvalue weighted by atomic mass is 9.96. The first-order valence-corrected chi connectivity index (χ1v) is 10.0. The predicted octanol–water partition coefficient (Wildman–Crippen LogP) is 3.33. The SMILES string of the molecule is COc1cccc(CC(=O)N2C3CCC2CC(NC(=O)c2ccc(F)cc2)C3)c1. The number of amides is 2. The van der Waals surface area contributed by atoms with Crippen molar-refractivity contribution in [3.05, 3.63) is 65.5 Å². The number of benzene rings is 2. The van der Waals surface area contributed by atoms with Crippen LogP contribution in [0.1, 0.15) is 41.6 Å². The van der Waals surface area contributed by atoms with Crippen molar-refractivity contribution in [1.29, 1.82) is 0 Å². The molecule has 0 spiro atoms. The van der Waals surface area contributed by atoms with Crippen LogP contribution in [0.5, 0.6) is 5.75 Å². The van der Waals surface area contributed by atoms with Gasteiger partial charge in [-0.25, -0.2) is 4.39 Å². The summed E-state index contributed by atoms with van der Waals surface area (Å²) in [6.07, 6.45) is 3.81. The first-order chi connectivity index (χ1) is 14.0. The Balaban J connectivity index is 1.37. The van der Waals surface area contributed by atoms with E-state index >= 15 is 0 Å². The lowest BCUT2D eigenvalue weighted by Crippen LogP contribution is -2.52. The minimum atomic E-state index is -0.359. The molecule has 2 aromatic rings. The quantitative estimate of drug-likeness (QED) is 0.843. The smallest absolute Gasteiger partial charge is 0.251 e. The van der Waals surface area contributed by atoms with Crippen LogP contribution in [0.15, 0.2) is 48.5 Å². The average Bonchev–Trinajstić information content (AvgIpc) is 2.99. The molecule has 2 aromatic carbocycles. The number of halogens is 1. The molecule has 2 fully saturated rings. The Hall–Kier alpha value is -2.89. The zero-order chi connectivity index (χ0) is 20.4. The van der Waals surface area contributed by atoms with E-state index in [0.717, 1.165) is 37.0 Å². The Morgan fingerprint density at radius 1 is 1.10 bits per heavy atom. The highest BCUT2D eigenvalue weighted by molar-refractivity contribution is 5.94. The number of ether oxygens (including phenoxy) is 1. The number of methoxy groups -OCH3 is 1. The number of carbonyl (C=O) groups is 2. The lowest BCUT2D eigenvalue weighted by Gasteiger charge is -2.39. The van der Waals surface area contributed by atoms with Crippen LogP contribution in [0, 0.1) is 5.82 Å². The number of hydrogen-bond donors (Lipinski definition) is 1. The summed E-state index contributed by atoms with van der Waals surface area (Å²) in [5, 5.41) is 3.06. The first-order valence-electron chi connectivity index (χ1n) is 10.0. The fourth-order valence-corrected chi connectivity index (χ4v) is 4.62. The molecule has 1 N–H and O–H groups in total. The van der Waals surface area contributed by atoms with Crippen LogP contribution in [0.2, 0.25) is 0 Å². The van der Waals surface area contributed by atoms with Crippen LogP contribution in [0.25, 0.3) is 0 Å². The average molecular weight is 396 g/mol. The Morgan fingerprint density at radius 2 is 1.79 bits per heavy atom. The van der Waals surface area contributed by atoms with Crippen molar-refractivity contribution in [2.45, 2.75) is 50.2 Å². The zero-order valence-electron chi connectivity index (χ0n) is 16.4. The van der Waals surface area contributed by atoms with Crippen LogP contribution >= 0.6 is 0 Å². The van der Waals surface area contributed by atoms with Gasteiger partial charge in [0.25, 0.3) is 5.91 Å². The third kappa shape index (κ3) is 4.26. The van der Waals surface area contributed by atoms with E-state index in [-0.39, 0.29) is 35.8 Å². The highest BCUT2D eigenvalue weighted by atomic mass is 19.1. The van der Waals surface area contributed by atoms with E-state index in [4.69, 9.17) is 4.74 Å². The Bertz CT molecular complexity index is 885. The van der Waals surface area contributed by atoms with Crippen molar-refractivity contribution in [2.24, 2.45) is 0 Å². The predicted molar refractivity (Wildman–Crippen MR) is 107 cm³/mol. The molecule has 2 heterocycles. The fraction of sp³-hybridized carbons (Fsp3) is 0.391. The van der Waals surface area contributed by atoms with Crippen LogP contribution in [-0.4, -0.2) is 41.9 Å². The molecule has 2 aliphatic rings. The van der Waals surface area contributed by atoms with Crippen LogP contribution < -0.4 is 10.1 Å². The summed E-state index contributed by atoms with van der Waals surface area (Å²) in [5.41, 5.74) is 1.40. The largest absolute Gasteiger partial charge is 0.497 e. The molecule has 2 unspecified atom stereocenters. The zero-order valence-corrected chi connectivity index (χ0v) is 16.4. The molecule has 2 amide bonds. The Morgan fingerprint density at radius 3 is 2.45 bits per heavy atom. The second-order valence-corrected chi connectivity index (χ2v) is 7.86. The number of hydrogen-bond acceptors (Lipinski definition) is 3. The first kappa shape index (κ1) is 19.4. The summed E-state index contributed by atoms with van der Waals surface area (Å²) < 4.78 is 18.3. The highest BCUT2D eigenvalue weighted by Gasteiger charge is 2.43. The molecule has 2 aliphatic heterocycles. The van der Waals surface area contributed by atoms with E-state index in [9.17, 15) is 14.0 Å². The molecule has 0 saturated carbocycles. The van der Waals surface area contributed by atoms with Crippen molar-refractivity contribution in [3.63, 3.8) is 0 Å². The van der Waals surface area contributed by atoms with Gasteiger partial charge in [-0.15, -0.1) is 0 Å². The minimum Gasteiger partial charge on any atom is -0.497 e. The third-order valence-corrected chi connectivity index (χ3v) is 5.95. The minimum absolute atomic E-state index is 0.0333. The van der Waals surface area contributed by atoms with E-state index in [2.05, 4.69) is 5.32 Å². The van der Waals surface area contributed by atoms with Crippen molar-refractivity contribution in [2.75, 3.05) is 7.11 Å². The maximum Gasteiger partial charge on any atom is 0.251 e. The van der Waals surface area contributed by atoms with Gasteiger partial charge in [0.15, 0.2) is 0 Å². The molecular weight excluding hydrogens is 371 g/mol. The van der Waals surface area contributed by atoms with Gasteiger partial charge in [-0.2, -0.15) is 0 Å². The van der Waals surface area contributed by atoms with Crippen LogP contribution in [0.3, 0.4) is 0 Å². The van der Waals surface area contributed by atoms with Crippen molar-refractivity contribution < 1.29 is 18.7 Å². The summed E-state index contributed by atoms with van der Waals surface area (Å²) in [6, 6.07) is 13.5. The molecule has 2 bridgehead atoms. The molecular formula is C23H25FN2O3. The molecule has 6 heteroatoms. The van der Waals surface area contributed by atoms with E-state index in [1.807, 2.05) is 29.2 Å². The van der Waals surface area contributed by atoms with Crippen molar-refractivity contribution >= 4 is 11.8 Å². The number of piperidine rings is 1. The summed E-state index contributed by atoms with van der Waals surface area (Å²) in [5.74, 6) is 0.336. The van der Waals surface area contributed by atoms with Gasteiger partial charge in [0, 0.05) is 23.7 Å². The molecule has 2 saturated heterocycles. The maximum atomic E-state index is 13.1. The second kappa shape index (κ2) is 8.23. The van der Waals surface area contributed by atoms with Gasteiger partial charge in [-0.1, -0.05) is 12.1 Å². The van der Waals surface area contributed by atoms with Crippen molar-refractivity contribution in [1.82, 2.24) is 10.2 Å². The van der Waals surface area contributed by atoms with Crippen LogP contribution in [0.4, 0.5) is 4.39 Å². The summed E-state index contributed by atoms with van der Waals surface area (Å²) in [4.78, 5) is 27.4. The summed E-state index contributed by atoms with van der Waals surface area (Å²) in [6.45, 7) is 0. The number of nitrogens with one attached hydrogen (secondary N) is 1. The highest BCUT2D eigenvalue weighted by Crippen LogP contribution is 2.36. The number of carbonyl (C=O) groups excluding carboxylic acids is 2. The monoisotopic (exact) mass is 396 g/mol. The molecule has 4 rings (SSSR count). The normalized spacial score (nSPS) is 23.0. The van der Waals surface area contributed by atoms with E-state index in [1.54, 1.807) is 7.11 Å². The molecule has 0 radical (unpaired) electrons. The van der Waals surface area contributed by atoms with Crippen molar-refractivity contribution in [3.8, 4) is 5.75 Å². The summed E-state index contributed by atoms with van der Waals surface area (Å²) >= 11 is 0. The number of fused-ring (bicyclic) bond motifs is 2. The van der Waals surface area contributed by atoms with Gasteiger partial charge < -0.3 is 15.0 Å². The van der Waals surface area contributed by atoms with Crippen LogP contribution in [-0.2, 0) is 11.2 Å². The van der Waals surface area contributed by atoms with Gasteiger partial charge in [-0.05, 0) is 67.6 Å². The lowest BCUT2D eigenvalue weighted by molar-refractivity contribution is -0.135. The topological polar surface area (TPSA) is 58.6 Å². The maximum absolute atomic E-state index is 13.1. The molecule has 0 aliphatic carbocycles. The van der Waals surface area contributed by atoms with Gasteiger partial charge in [-0.3, -0.25) is 9.59 Å².